The van der Waals surface area contributed by atoms with Gasteiger partial charge in [-0.3, -0.25) is 0 Å². The fraction of sp³-hybridized carbons (Fsp3) is 0.889. The first kappa shape index (κ1) is 16.8. The molecule has 0 heterocycles. The van der Waals surface area contributed by atoms with Crippen molar-refractivity contribution in [3.05, 3.63) is 0 Å². The molecule has 0 radical (unpaired) electrons. The summed E-state index contributed by atoms with van der Waals surface area (Å²) in [5.41, 5.74) is 10.6. The Balaban J connectivity index is 3.86. The number of alkyl halides is 1. The molecular formula is C9H19IN2O5. The van der Waals surface area contributed by atoms with Gasteiger partial charge >= 0.3 is 6.16 Å². The summed E-state index contributed by atoms with van der Waals surface area (Å²) in [4.78, 5) is 11.1. The standard InChI is InChI=1S/C9H19IN2O5/c10-7-16-9(13)17-8(5-14-3-1-11)6-15-4-2-12/h8H,1-7,11-12H2. The maximum Gasteiger partial charge on any atom is 0.509 e. The van der Waals surface area contributed by atoms with Gasteiger partial charge in [-0.2, -0.15) is 0 Å². The van der Waals surface area contributed by atoms with Crippen LogP contribution in [0.4, 0.5) is 4.79 Å². The van der Waals surface area contributed by atoms with E-state index in [1.54, 1.807) is 0 Å². The van der Waals surface area contributed by atoms with Gasteiger partial charge in [-0.05, 0) is 22.6 Å². The molecule has 4 N–H and O–H groups in total. The highest BCUT2D eigenvalue weighted by molar-refractivity contribution is 14.1. The summed E-state index contributed by atoms with van der Waals surface area (Å²) in [5, 5.41) is 0. The van der Waals surface area contributed by atoms with E-state index < -0.39 is 12.3 Å². The predicted octanol–water partition coefficient (Wildman–Crippen LogP) is -0.149. The molecule has 0 amide bonds. The highest BCUT2D eigenvalue weighted by Crippen LogP contribution is 1.99. The number of hydrogen-bond donors (Lipinski definition) is 2. The van der Waals surface area contributed by atoms with Crippen LogP contribution in [0.3, 0.4) is 0 Å². The van der Waals surface area contributed by atoms with Crippen LogP contribution in [-0.2, 0) is 18.9 Å². The number of carbonyl (C=O) groups excluding carboxylic acids is 1. The van der Waals surface area contributed by atoms with Crippen LogP contribution >= 0.6 is 22.6 Å². The van der Waals surface area contributed by atoms with Gasteiger partial charge in [-0.15, -0.1) is 0 Å². The molecule has 0 saturated heterocycles. The highest BCUT2D eigenvalue weighted by atomic mass is 127. The van der Waals surface area contributed by atoms with Gasteiger partial charge in [-0.1, -0.05) is 0 Å². The average molecular weight is 362 g/mol. The van der Waals surface area contributed by atoms with E-state index in [9.17, 15) is 4.79 Å². The lowest BCUT2D eigenvalue weighted by Crippen LogP contribution is -2.30. The average Bonchev–Trinajstić information content (AvgIpc) is 2.29. The van der Waals surface area contributed by atoms with Crippen LogP contribution in [0.1, 0.15) is 0 Å². The van der Waals surface area contributed by atoms with E-state index in [2.05, 4.69) is 4.74 Å². The quantitative estimate of drug-likeness (QED) is 0.241. The third-order valence-corrected chi connectivity index (χ3v) is 1.88. The number of hydrogen-bond acceptors (Lipinski definition) is 7. The van der Waals surface area contributed by atoms with Crippen molar-refractivity contribution in [2.45, 2.75) is 6.10 Å². The highest BCUT2D eigenvalue weighted by Gasteiger charge is 2.15. The summed E-state index contributed by atoms with van der Waals surface area (Å²) >= 11 is 1.90. The Hall–Kier alpha value is -0.160. The molecule has 8 heteroatoms. The normalized spacial score (nSPS) is 10.6. The third-order valence-electron chi connectivity index (χ3n) is 1.57. The molecule has 0 atom stereocenters. The van der Waals surface area contributed by atoms with Gasteiger partial charge in [0.25, 0.3) is 0 Å². The van der Waals surface area contributed by atoms with Crippen molar-refractivity contribution in [3.63, 3.8) is 0 Å². The summed E-state index contributed by atoms with van der Waals surface area (Å²) in [6.07, 6.45) is -1.25. The molecule has 0 unspecified atom stereocenters. The van der Waals surface area contributed by atoms with Crippen LogP contribution in [0.2, 0.25) is 0 Å². The van der Waals surface area contributed by atoms with Crippen molar-refractivity contribution >= 4 is 28.7 Å². The van der Waals surface area contributed by atoms with Gasteiger partial charge in [0.15, 0.2) is 6.10 Å². The van der Waals surface area contributed by atoms with E-state index in [1.807, 2.05) is 22.6 Å². The zero-order chi connectivity index (χ0) is 12.9. The number of rotatable bonds is 10. The first-order valence-electron chi connectivity index (χ1n) is 5.19. The molecule has 0 fully saturated rings. The zero-order valence-electron chi connectivity index (χ0n) is 9.60. The molecule has 0 bridgehead atoms. The van der Waals surface area contributed by atoms with Gasteiger partial charge in [-0.25, -0.2) is 4.79 Å². The first-order chi connectivity index (χ1) is 8.24. The van der Waals surface area contributed by atoms with Gasteiger partial charge < -0.3 is 30.4 Å². The van der Waals surface area contributed by atoms with Crippen molar-refractivity contribution in [1.29, 1.82) is 0 Å². The number of nitrogens with two attached hydrogens (primary N) is 2. The molecule has 0 aromatic rings. The molecule has 0 aliphatic carbocycles. The summed E-state index contributed by atoms with van der Waals surface area (Å²) < 4.78 is 20.2. The Morgan fingerprint density at radius 3 is 2.06 bits per heavy atom. The molecule has 0 aliphatic heterocycles. The van der Waals surface area contributed by atoms with E-state index >= 15 is 0 Å². The molecule has 7 nitrogen and oxygen atoms in total. The van der Waals surface area contributed by atoms with E-state index in [1.165, 1.54) is 0 Å². The lowest BCUT2D eigenvalue weighted by Gasteiger charge is -2.17. The van der Waals surface area contributed by atoms with Crippen molar-refractivity contribution in [2.24, 2.45) is 11.5 Å². The lowest BCUT2D eigenvalue weighted by molar-refractivity contribution is -0.0453. The smallest absolute Gasteiger partial charge is 0.426 e. The molecule has 0 saturated carbocycles. The molecule has 0 aliphatic rings. The number of halogens is 1. The summed E-state index contributed by atoms with van der Waals surface area (Å²) in [5.74, 6) is 0. The van der Waals surface area contributed by atoms with Crippen LogP contribution in [0.25, 0.3) is 0 Å². The summed E-state index contributed by atoms with van der Waals surface area (Å²) in [6, 6.07) is 0. The molecule has 0 rings (SSSR count). The maximum atomic E-state index is 11.1. The Morgan fingerprint density at radius 2 is 1.65 bits per heavy atom. The second kappa shape index (κ2) is 12.3. The van der Waals surface area contributed by atoms with Gasteiger partial charge in [0.1, 0.15) is 4.61 Å². The minimum absolute atomic E-state index is 0.220. The van der Waals surface area contributed by atoms with Crippen molar-refractivity contribution in [1.82, 2.24) is 0 Å². The predicted molar refractivity (Wildman–Crippen MR) is 70.0 cm³/mol. The Kier molecular flexibility index (Phi) is 12.2. The maximum absolute atomic E-state index is 11.1. The number of ether oxygens (including phenoxy) is 4. The molecule has 102 valence electrons. The Morgan fingerprint density at radius 1 is 1.12 bits per heavy atom. The van der Waals surface area contributed by atoms with Crippen molar-refractivity contribution < 1.29 is 23.7 Å². The number of carbonyl (C=O) groups is 1. The minimum Gasteiger partial charge on any atom is -0.426 e. The van der Waals surface area contributed by atoms with Crippen LogP contribution in [0.5, 0.6) is 0 Å². The van der Waals surface area contributed by atoms with Crippen molar-refractivity contribution in [2.75, 3.05) is 44.1 Å². The van der Waals surface area contributed by atoms with Crippen LogP contribution in [-0.4, -0.2) is 56.4 Å². The van der Waals surface area contributed by atoms with Crippen molar-refractivity contribution in [3.8, 4) is 0 Å². The molecule has 0 aromatic carbocycles. The van der Waals surface area contributed by atoms with Gasteiger partial charge in [0.05, 0.1) is 26.4 Å². The minimum atomic E-state index is -0.739. The monoisotopic (exact) mass is 362 g/mol. The lowest BCUT2D eigenvalue weighted by atomic mass is 10.4. The largest absolute Gasteiger partial charge is 0.509 e. The molecule has 0 aromatic heterocycles. The zero-order valence-corrected chi connectivity index (χ0v) is 11.8. The van der Waals surface area contributed by atoms with Crippen LogP contribution in [0.15, 0.2) is 0 Å². The third kappa shape index (κ3) is 10.7. The van der Waals surface area contributed by atoms with E-state index in [-0.39, 0.29) is 17.8 Å². The molecule has 0 spiro atoms. The van der Waals surface area contributed by atoms with Crippen LogP contribution in [0, 0.1) is 0 Å². The second-order valence-electron chi connectivity index (χ2n) is 2.97. The fourth-order valence-electron chi connectivity index (χ4n) is 0.927. The first-order valence-corrected chi connectivity index (χ1v) is 6.72. The molecular weight excluding hydrogens is 343 g/mol. The summed E-state index contributed by atoms with van der Waals surface area (Å²) in [6.45, 7) is 2.07. The summed E-state index contributed by atoms with van der Waals surface area (Å²) in [7, 11) is 0. The molecule has 17 heavy (non-hydrogen) atoms. The topological polar surface area (TPSA) is 106 Å². The Bertz CT molecular complexity index is 186. The van der Waals surface area contributed by atoms with Gasteiger partial charge in [0, 0.05) is 13.1 Å². The van der Waals surface area contributed by atoms with Gasteiger partial charge in [0.2, 0.25) is 0 Å². The van der Waals surface area contributed by atoms with E-state index in [4.69, 9.17) is 25.7 Å². The Labute approximate surface area is 114 Å². The van der Waals surface area contributed by atoms with Crippen LogP contribution < -0.4 is 11.5 Å². The fourth-order valence-corrected chi connectivity index (χ4v) is 1.18. The SMILES string of the molecule is NCCOCC(COCCN)OC(=O)OCI. The second-order valence-corrected chi connectivity index (χ2v) is 3.59. The van der Waals surface area contributed by atoms with E-state index in [0.717, 1.165) is 0 Å². The van der Waals surface area contributed by atoms with E-state index in [0.29, 0.717) is 26.3 Å².